The Bertz CT molecular complexity index is 608. The second-order valence-electron chi connectivity index (χ2n) is 6.16. The fourth-order valence-electron chi connectivity index (χ4n) is 2.87. The Morgan fingerprint density at radius 1 is 1.25 bits per heavy atom. The van der Waals surface area contributed by atoms with Gasteiger partial charge in [0, 0.05) is 16.8 Å². The Kier molecular flexibility index (Phi) is 3.63. The maximum absolute atomic E-state index is 12.6. The summed E-state index contributed by atoms with van der Waals surface area (Å²) in [5, 5.41) is 10.3. The summed E-state index contributed by atoms with van der Waals surface area (Å²) in [6.07, 6.45) is 3.36. The van der Waals surface area contributed by atoms with Gasteiger partial charge in [0.1, 0.15) is 5.75 Å². The van der Waals surface area contributed by atoms with Crippen molar-refractivity contribution in [2.75, 3.05) is 7.11 Å². The van der Waals surface area contributed by atoms with Gasteiger partial charge >= 0.3 is 5.97 Å². The molecule has 5 nitrogen and oxygen atoms in total. The molecule has 0 saturated carbocycles. The first-order chi connectivity index (χ1) is 9.29. The second kappa shape index (κ2) is 4.96. The van der Waals surface area contributed by atoms with Crippen molar-refractivity contribution in [3.8, 4) is 5.75 Å². The summed E-state index contributed by atoms with van der Waals surface area (Å²) in [5.74, 6) is -0.976. The Labute approximate surface area is 118 Å². The Hall–Kier alpha value is -1.78. The third-order valence-electron chi connectivity index (χ3n) is 3.71. The lowest BCUT2D eigenvalue weighted by molar-refractivity contribution is 0.0593. The minimum Gasteiger partial charge on any atom is -0.506 e. The number of hydrogen-bond acceptors (Lipinski definition) is 4. The van der Waals surface area contributed by atoms with Crippen LogP contribution in [0, 0.1) is 0 Å². The lowest BCUT2D eigenvalue weighted by Crippen LogP contribution is -2.40. The summed E-state index contributed by atoms with van der Waals surface area (Å²) in [6.45, 7) is 5.75. The van der Waals surface area contributed by atoms with E-state index in [0.717, 1.165) is 25.0 Å². The molecule has 0 spiro atoms. The van der Waals surface area contributed by atoms with Crippen LogP contribution in [-0.4, -0.2) is 22.8 Å². The zero-order valence-corrected chi connectivity index (χ0v) is 12.4. The normalized spacial score (nSPS) is 14.8. The molecule has 0 radical (unpaired) electrons. The minimum absolute atomic E-state index is 0.197. The summed E-state index contributed by atoms with van der Waals surface area (Å²) in [5.41, 5.74) is 0.394. The lowest BCUT2D eigenvalue weighted by atomic mass is 9.91. The monoisotopic (exact) mass is 279 g/mol. The quantitative estimate of drug-likeness (QED) is 0.798. The molecule has 1 aromatic heterocycles. The third kappa shape index (κ3) is 2.21. The molecule has 0 bridgehead atoms. The van der Waals surface area contributed by atoms with Crippen molar-refractivity contribution in [1.29, 1.82) is 0 Å². The number of aromatic hydroxyl groups is 1. The van der Waals surface area contributed by atoms with E-state index in [-0.39, 0.29) is 11.3 Å². The smallest absolute Gasteiger partial charge is 0.347 e. The molecule has 110 valence electrons. The predicted octanol–water partition coefficient (Wildman–Crippen LogP) is 1.97. The zero-order valence-electron chi connectivity index (χ0n) is 12.4. The summed E-state index contributed by atoms with van der Waals surface area (Å²) in [7, 11) is 1.21. The van der Waals surface area contributed by atoms with Gasteiger partial charge in [-0.2, -0.15) is 0 Å². The van der Waals surface area contributed by atoms with Crippen molar-refractivity contribution in [2.45, 2.75) is 52.0 Å². The number of ether oxygens (including phenoxy) is 1. The number of aromatic nitrogens is 1. The van der Waals surface area contributed by atoms with Gasteiger partial charge < -0.3 is 14.4 Å². The molecule has 5 heteroatoms. The van der Waals surface area contributed by atoms with Crippen LogP contribution in [0.4, 0.5) is 0 Å². The molecule has 0 fully saturated rings. The summed E-state index contributed by atoms with van der Waals surface area (Å²) in [4.78, 5) is 24.4. The largest absolute Gasteiger partial charge is 0.506 e. The molecule has 0 aliphatic heterocycles. The van der Waals surface area contributed by atoms with E-state index in [2.05, 4.69) is 4.74 Å². The molecule has 1 aliphatic rings. The first kappa shape index (κ1) is 14.6. The number of pyridine rings is 1. The molecule has 1 aliphatic carbocycles. The molecule has 0 atom stereocenters. The van der Waals surface area contributed by atoms with Gasteiger partial charge in [0.2, 0.25) is 0 Å². The van der Waals surface area contributed by atoms with Crippen molar-refractivity contribution in [2.24, 2.45) is 0 Å². The van der Waals surface area contributed by atoms with Crippen molar-refractivity contribution < 1.29 is 14.6 Å². The van der Waals surface area contributed by atoms with Crippen LogP contribution in [-0.2, 0) is 23.1 Å². The van der Waals surface area contributed by atoms with Gasteiger partial charge in [-0.15, -0.1) is 0 Å². The van der Waals surface area contributed by atoms with Crippen LogP contribution in [0.5, 0.6) is 5.75 Å². The summed E-state index contributed by atoms with van der Waals surface area (Å²) in [6, 6.07) is 0. The molecule has 0 unspecified atom stereocenters. The van der Waals surface area contributed by atoms with Gasteiger partial charge in [-0.1, -0.05) is 0 Å². The summed E-state index contributed by atoms with van der Waals surface area (Å²) >= 11 is 0. The molecular weight excluding hydrogens is 258 g/mol. The average molecular weight is 279 g/mol. The first-order valence-corrected chi connectivity index (χ1v) is 6.87. The van der Waals surface area contributed by atoms with Crippen molar-refractivity contribution in [3.05, 3.63) is 27.2 Å². The van der Waals surface area contributed by atoms with Crippen LogP contribution in [0.15, 0.2) is 4.79 Å². The Balaban J connectivity index is 2.87. The van der Waals surface area contributed by atoms with Gasteiger partial charge in [0.25, 0.3) is 5.56 Å². The highest BCUT2D eigenvalue weighted by Crippen LogP contribution is 2.32. The van der Waals surface area contributed by atoms with Gasteiger partial charge in [-0.05, 0) is 46.5 Å². The summed E-state index contributed by atoms with van der Waals surface area (Å²) < 4.78 is 6.28. The molecular formula is C15H21NO4. The number of esters is 1. The number of hydrogen-bond donors (Lipinski definition) is 1. The maximum atomic E-state index is 12.6. The number of carbonyl (C=O) groups excluding carboxylic acids is 1. The lowest BCUT2D eigenvalue weighted by Gasteiger charge is -2.31. The molecule has 0 aromatic carbocycles. The number of methoxy groups -OCH3 is 1. The molecule has 20 heavy (non-hydrogen) atoms. The van der Waals surface area contributed by atoms with E-state index < -0.39 is 17.1 Å². The first-order valence-electron chi connectivity index (χ1n) is 6.87. The molecule has 2 rings (SSSR count). The number of nitrogens with zero attached hydrogens (tertiary/aromatic N) is 1. The second-order valence-corrected chi connectivity index (χ2v) is 6.16. The van der Waals surface area contributed by atoms with Crippen LogP contribution in [0.2, 0.25) is 0 Å². The van der Waals surface area contributed by atoms with Crippen LogP contribution in [0.3, 0.4) is 0 Å². The van der Waals surface area contributed by atoms with E-state index >= 15 is 0 Å². The van der Waals surface area contributed by atoms with Gasteiger partial charge in [-0.25, -0.2) is 4.79 Å². The molecule has 0 saturated heterocycles. The van der Waals surface area contributed by atoms with Crippen LogP contribution in [0.25, 0.3) is 0 Å². The van der Waals surface area contributed by atoms with E-state index in [1.807, 2.05) is 20.8 Å². The van der Waals surface area contributed by atoms with E-state index in [9.17, 15) is 14.7 Å². The van der Waals surface area contributed by atoms with Crippen molar-refractivity contribution in [1.82, 2.24) is 4.57 Å². The van der Waals surface area contributed by atoms with Crippen LogP contribution < -0.4 is 5.56 Å². The highest BCUT2D eigenvalue weighted by molar-refractivity contribution is 5.92. The van der Waals surface area contributed by atoms with Gasteiger partial charge in [0.15, 0.2) is 5.56 Å². The van der Waals surface area contributed by atoms with Crippen LogP contribution in [0.1, 0.15) is 55.2 Å². The van der Waals surface area contributed by atoms with E-state index in [4.69, 9.17) is 0 Å². The predicted molar refractivity (Wildman–Crippen MR) is 75.3 cm³/mol. The maximum Gasteiger partial charge on any atom is 0.347 e. The fraction of sp³-hybridized carbons (Fsp3) is 0.600. The van der Waals surface area contributed by atoms with Crippen LogP contribution >= 0.6 is 0 Å². The van der Waals surface area contributed by atoms with E-state index in [1.165, 1.54) is 7.11 Å². The fourth-order valence-corrected chi connectivity index (χ4v) is 2.87. The van der Waals surface area contributed by atoms with E-state index in [0.29, 0.717) is 12.0 Å². The Morgan fingerprint density at radius 2 is 1.85 bits per heavy atom. The zero-order chi connectivity index (χ0) is 15.1. The number of fused-ring (bicyclic) bond motifs is 1. The van der Waals surface area contributed by atoms with E-state index in [1.54, 1.807) is 4.57 Å². The third-order valence-corrected chi connectivity index (χ3v) is 3.71. The molecule has 1 aromatic rings. The topological polar surface area (TPSA) is 68.5 Å². The van der Waals surface area contributed by atoms with Gasteiger partial charge in [-0.3, -0.25) is 4.79 Å². The molecule has 0 amide bonds. The van der Waals surface area contributed by atoms with Gasteiger partial charge in [0.05, 0.1) is 7.11 Å². The molecule has 1 heterocycles. The highest BCUT2D eigenvalue weighted by Gasteiger charge is 2.31. The average Bonchev–Trinajstić information content (AvgIpc) is 2.37. The number of carbonyl (C=O) groups is 1. The highest BCUT2D eigenvalue weighted by atomic mass is 16.5. The Morgan fingerprint density at radius 3 is 2.40 bits per heavy atom. The SMILES string of the molecule is COC(=O)c1c(O)c2c(n(C(C)(C)C)c1=O)CCCC2. The molecule has 1 N–H and O–H groups in total. The minimum atomic E-state index is -0.779. The van der Waals surface area contributed by atoms with Crippen molar-refractivity contribution >= 4 is 5.97 Å². The standard InChI is InChI=1S/C15H21NO4/c1-15(2,3)16-10-8-6-5-7-9(10)12(17)11(13(16)18)14(19)20-4/h17H,5-8H2,1-4H3. The number of rotatable bonds is 1. The van der Waals surface area contributed by atoms with Crippen molar-refractivity contribution in [3.63, 3.8) is 0 Å².